The third-order valence-corrected chi connectivity index (χ3v) is 6.49. The molecule has 0 saturated carbocycles. The minimum Gasteiger partial charge on any atom is -0.468 e. The second kappa shape index (κ2) is 6.16. The van der Waals surface area contributed by atoms with Crippen LogP contribution in [0, 0.1) is 13.8 Å². The van der Waals surface area contributed by atoms with Crippen LogP contribution in [-0.2, 0) is 19.6 Å². The Morgan fingerprint density at radius 1 is 1.41 bits per heavy atom. The SMILES string of the molecule is COC(=O)[C@@H]1[C@H](O)CCN1S(=O)(=O)c1ccc(C)c(Cl)c1C. The van der Waals surface area contributed by atoms with Crippen LogP contribution >= 0.6 is 11.6 Å². The zero-order chi connectivity index (χ0) is 16.7. The summed E-state index contributed by atoms with van der Waals surface area (Å²) in [6.45, 7) is 3.44. The summed E-state index contributed by atoms with van der Waals surface area (Å²) in [5.74, 6) is -0.774. The van der Waals surface area contributed by atoms with E-state index in [4.69, 9.17) is 11.6 Å². The number of methoxy groups -OCH3 is 1. The van der Waals surface area contributed by atoms with Crippen molar-refractivity contribution >= 4 is 27.6 Å². The molecular weight excluding hydrogens is 330 g/mol. The van der Waals surface area contributed by atoms with Crippen molar-refractivity contribution in [2.24, 2.45) is 0 Å². The van der Waals surface area contributed by atoms with Crippen LogP contribution in [0.1, 0.15) is 17.5 Å². The van der Waals surface area contributed by atoms with Crippen molar-refractivity contribution in [2.45, 2.75) is 37.3 Å². The topological polar surface area (TPSA) is 83.9 Å². The largest absolute Gasteiger partial charge is 0.468 e. The fourth-order valence-corrected chi connectivity index (χ4v) is 4.70. The number of esters is 1. The summed E-state index contributed by atoms with van der Waals surface area (Å²) in [4.78, 5) is 11.8. The Hall–Kier alpha value is -1.15. The summed E-state index contributed by atoms with van der Waals surface area (Å²) in [6, 6.07) is 1.85. The highest BCUT2D eigenvalue weighted by Gasteiger charge is 2.46. The Bertz CT molecular complexity index is 703. The summed E-state index contributed by atoms with van der Waals surface area (Å²) < 4.78 is 31.3. The Kier molecular flexibility index (Phi) is 4.81. The van der Waals surface area contributed by atoms with Gasteiger partial charge in [0.2, 0.25) is 10.0 Å². The number of nitrogens with zero attached hydrogens (tertiary/aromatic N) is 1. The van der Waals surface area contributed by atoms with Crippen molar-refractivity contribution in [1.29, 1.82) is 0 Å². The maximum atomic E-state index is 12.8. The molecule has 1 heterocycles. The molecule has 2 rings (SSSR count). The highest BCUT2D eigenvalue weighted by molar-refractivity contribution is 7.89. The van der Waals surface area contributed by atoms with Gasteiger partial charge in [0.1, 0.15) is 6.04 Å². The molecule has 8 heteroatoms. The number of ether oxygens (including phenoxy) is 1. The Labute approximate surface area is 134 Å². The van der Waals surface area contributed by atoms with Gasteiger partial charge in [0, 0.05) is 11.6 Å². The van der Waals surface area contributed by atoms with E-state index in [1.165, 1.54) is 6.07 Å². The minimum atomic E-state index is -3.96. The van der Waals surface area contributed by atoms with Crippen LogP contribution in [0.4, 0.5) is 0 Å². The number of aryl methyl sites for hydroxylation is 1. The molecule has 1 aliphatic heterocycles. The van der Waals surface area contributed by atoms with Crippen molar-refractivity contribution in [1.82, 2.24) is 4.31 Å². The van der Waals surface area contributed by atoms with E-state index < -0.39 is 28.1 Å². The second-order valence-corrected chi connectivity index (χ2v) is 7.50. The number of rotatable bonds is 3. The van der Waals surface area contributed by atoms with Crippen molar-refractivity contribution in [2.75, 3.05) is 13.7 Å². The van der Waals surface area contributed by atoms with E-state index in [2.05, 4.69) is 4.74 Å². The fourth-order valence-electron chi connectivity index (χ4n) is 2.62. The van der Waals surface area contributed by atoms with Gasteiger partial charge in [0.15, 0.2) is 0 Å². The third kappa shape index (κ3) is 2.74. The lowest BCUT2D eigenvalue weighted by molar-refractivity contribution is -0.146. The molecule has 0 amide bonds. The lowest BCUT2D eigenvalue weighted by Crippen LogP contribution is -2.45. The number of carbonyl (C=O) groups excluding carboxylic acids is 1. The molecule has 0 bridgehead atoms. The number of sulfonamides is 1. The minimum absolute atomic E-state index is 0.0334. The maximum absolute atomic E-state index is 12.8. The summed E-state index contributed by atoms with van der Waals surface area (Å²) >= 11 is 6.13. The number of aliphatic hydroxyl groups is 1. The number of hydrogen-bond donors (Lipinski definition) is 1. The molecule has 0 unspecified atom stereocenters. The van der Waals surface area contributed by atoms with Crippen LogP contribution in [0.15, 0.2) is 17.0 Å². The van der Waals surface area contributed by atoms with Gasteiger partial charge < -0.3 is 9.84 Å². The van der Waals surface area contributed by atoms with E-state index >= 15 is 0 Å². The molecule has 6 nitrogen and oxygen atoms in total. The molecule has 0 aromatic heterocycles. The van der Waals surface area contributed by atoms with Gasteiger partial charge >= 0.3 is 5.97 Å². The monoisotopic (exact) mass is 347 g/mol. The average Bonchev–Trinajstić information content (AvgIpc) is 2.86. The Morgan fingerprint density at radius 3 is 2.64 bits per heavy atom. The maximum Gasteiger partial charge on any atom is 0.326 e. The first kappa shape index (κ1) is 17.2. The fraction of sp³-hybridized carbons (Fsp3) is 0.500. The van der Waals surface area contributed by atoms with Gasteiger partial charge in [-0.2, -0.15) is 4.31 Å². The summed E-state index contributed by atoms with van der Waals surface area (Å²) in [7, 11) is -2.80. The second-order valence-electron chi connectivity index (χ2n) is 5.26. The zero-order valence-corrected chi connectivity index (χ0v) is 14.1. The van der Waals surface area contributed by atoms with E-state index in [0.29, 0.717) is 10.6 Å². The van der Waals surface area contributed by atoms with Gasteiger partial charge in [0.05, 0.1) is 18.1 Å². The first-order valence-electron chi connectivity index (χ1n) is 6.75. The zero-order valence-electron chi connectivity index (χ0n) is 12.5. The summed E-state index contributed by atoms with van der Waals surface area (Å²) in [5, 5.41) is 10.3. The average molecular weight is 348 g/mol. The highest BCUT2D eigenvalue weighted by Crippen LogP contribution is 2.32. The molecular formula is C14H18ClNO5S. The van der Waals surface area contributed by atoms with Gasteiger partial charge in [-0.15, -0.1) is 0 Å². The van der Waals surface area contributed by atoms with Crippen molar-refractivity contribution in [3.05, 3.63) is 28.3 Å². The summed E-state index contributed by atoms with van der Waals surface area (Å²) in [5.41, 5.74) is 1.19. The van der Waals surface area contributed by atoms with E-state index in [0.717, 1.165) is 17.0 Å². The van der Waals surface area contributed by atoms with E-state index in [9.17, 15) is 18.3 Å². The molecule has 122 valence electrons. The number of halogens is 1. The molecule has 1 aliphatic rings. The first-order chi connectivity index (χ1) is 10.2. The molecule has 1 fully saturated rings. The van der Waals surface area contributed by atoms with Crippen LogP contribution < -0.4 is 0 Å². The number of aliphatic hydroxyl groups excluding tert-OH is 1. The molecule has 0 aliphatic carbocycles. The molecule has 0 spiro atoms. The van der Waals surface area contributed by atoms with Crippen molar-refractivity contribution < 1.29 is 23.1 Å². The van der Waals surface area contributed by atoms with Gasteiger partial charge in [-0.25, -0.2) is 8.42 Å². The van der Waals surface area contributed by atoms with E-state index in [1.807, 2.05) is 0 Å². The molecule has 1 saturated heterocycles. The normalized spacial score (nSPS) is 22.8. The van der Waals surface area contributed by atoms with Crippen LogP contribution in [0.3, 0.4) is 0 Å². The highest BCUT2D eigenvalue weighted by atomic mass is 35.5. The lowest BCUT2D eigenvalue weighted by Gasteiger charge is -2.24. The predicted octanol–water partition coefficient (Wildman–Crippen LogP) is 1.25. The number of hydrogen-bond acceptors (Lipinski definition) is 5. The van der Waals surface area contributed by atoms with Crippen LogP contribution in [0.2, 0.25) is 5.02 Å². The Balaban J connectivity index is 2.51. The molecule has 1 N–H and O–H groups in total. The van der Waals surface area contributed by atoms with Crippen molar-refractivity contribution in [3.63, 3.8) is 0 Å². The molecule has 2 atom stereocenters. The molecule has 22 heavy (non-hydrogen) atoms. The molecule has 1 aromatic rings. The van der Waals surface area contributed by atoms with Crippen LogP contribution in [0.25, 0.3) is 0 Å². The van der Waals surface area contributed by atoms with Gasteiger partial charge in [-0.3, -0.25) is 4.79 Å². The smallest absolute Gasteiger partial charge is 0.326 e. The van der Waals surface area contributed by atoms with E-state index in [1.54, 1.807) is 19.9 Å². The van der Waals surface area contributed by atoms with Crippen molar-refractivity contribution in [3.8, 4) is 0 Å². The molecule has 0 radical (unpaired) electrons. The lowest BCUT2D eigenvalue weighted by atomic mass is 10.1. The third-order valence-electron chi connectivity index (χ3n) is 3.88. The van der Waals surface area contributed by atoms with Gasteiger partial charge in [-0.1, -0.05) is 17.7 Å². The Morgan fingerprint density at radius 2 is 2.05 bits per heavy atom. The van der Waals surface area contributed by atoms with Gasteiger partial charge in [-0.05, 0) is 37.5 Å². The van der Waals surface area contributed by atoms with Crippen LogP contribution in [-0.4, -0.2) is 49.6 Å². The quantitative estimate of drug-likeness (QED) is 0.832. The first-order valence-corrected chi connectivity index (χ1v) is 8.57. The number of benzene rings is 1. The number of carbonyl (C=O) groups is 1. The van der Waals surface area contributed by atoms with Gasteiger partial charge in [0.25, 0.3) is 0 Å². The predicted molar refractivity (Wildman–Crippen MR) is 81.2 cm³/mol. The standard InChI is InChI=1S/C14H18ClNO5S/c1-8-4-5-11(9(2)12(8)15)22(19,20)16-7-6-10(17)13(16)14(18)21-3/h4-5,10,13,17H,6-7H2,1-3H3/t10-,13+/m1/s1. The van der Waals surface area contributed by atoms with E-state index in [-0.39, 0.29) is 17.9 Å². The molecule has 1 aromatic carbocycles. The van der Waals surface area contributed by atoms with Crippen LogP contribution in [0.5, 0.6) is 0 Å². The summed E-state index contributed by atoms with van der Waals surface area (Å²) in [6.07, 6.45) is -0.902.